The lowest BCUT2D eigenvalue weighted by molar-refractivity contribution is -0.137. The molecule has 202 valence electrons. The van der Waals surface area contributed by atoms with Crippen LogP contribution in [0.25, 0.3) is 0 Å². The van der Waals surface area contributed by atoms with Gasteiger partial charge in [-0.1, -0.05) is 60.7 Å². The number of urea groups is 1. The molecule has 0 saturated carbocycles. The molecule has 0 bridgehead atoms. The third-order valence-corrected chi connectivity index (χ3v) is 6.09. The van der Waals surface area contributed by atoms with Gasteiger partial charge in [-0.25, -0.2) is 9.59 Å². The largest absolute Gasteiger partial charge is 0.463 e. The van der Waals surface area contributed by atoms with Gasteiger partial charge in [-0.3, -0.25) is 9.59 Å². The van der Waals surface area contributed by atoms with Gasteiger partial charge in [-0.2, -0.15) is 0 Å². The first-order valence-corrected chi connectivity index (χ1v) is 12.9. The zero-order valence-corrected chi connectivity index (χ0v) is 21.6. The van der Waals surface area contributed by atoms with Crippen molar-refractivity contribution in [1.29, 1.82) is 0 Å². The molecule has 9 nitrogen and oxygen atoms in total. The van der Waals surface area contributed by atoms with E-state index in [1.807, 2.05) is 60.7 Å². The Hall–Kier alpha value is -3.98. The molecule has 0 unspecified atom stereocenters. The minimum atomic E-state index is -0.909. The molecule has 1 heterocycles. The van der Waals surface area contributed by atoms with E-state index >= 15 is 0 Å². The standard InChI is InChI=1S/C29H35N3O6/c1-2-38-27(34)16-15-26(33)24(14-13-22-9-5-3-6-10-22)30-28(35)25(21-23-11-7-4-8-12-23)31-29(36)32-17-19-37-20-18-32/h3-12,15-16,24-25H,2,13-14,17-21H2,1H3,(H,30,35)(H,31,36)/b16-15+/t24-,25+/m1/s1. The lowest BCUT2D eigenvalue weighted by Crippen LogP contribution is -2.56. The van der Waals surface area contributed by atoms with Gasteiger partial charge in [0.05, 0.1) is 25.9 Å². The second-order valence-corrected chi connectivity index (χ2v) is 8.86. The van der Waals surface area contributed by atoms with Crippen LogP contribution in [0.2, 0.25) is 0 Å². The van der Waals surface area contributed by atoms with E-state index in [1.54, 1.807) is 11.8 Å². The van der Waals surface area contributed by atoms with Crippen LogP contribution in [0.3, 0.4) is 0 Å². The second kappa shape index (κ2) is 15.3. The number of carbonyl (C=O) groups excluding carboxylic acids is 4. The molecule has 2 atom stereocenters. The van der Waals surface area contributed by atoms with Gasteiger partial charge in [0, 0.05) is 25.6 Å². The third kappa shape index (κ3) is 9.48. The molecule has 1 saturated heterocycles. The van der Waals surface area contributed by atoms with Crippen LogP contribution in [-0.2, 0) is 36.7 Å². The van der Waals surface area contributed by atoms with Crippen molar-refractivity contribution in [2.24, 2.45) is 0 Å². The SMILES string of the molecule is CCOC(=O)/C=C/C(=O)[C@@H](CCc1ccccc1)NC(=O)[C@H](Cc1ccccc1)NC(=O)N1CCOCC1. The van der Waals surface area contributed by atoms with Crippen LogP contribution < -0.4 is 10.6 Å². The normalized spacial score (nSPS) is 14.9. The maximum absolute atomic E-state index is 13.5. The highest BCUT2D eigenvalue weighted by molar-refractivity contribution is 6.01. The van der Waals surface area contributed by atoms with Gasteiger partial charge in [0.1, 0.15) is 6.04 Å². The number of morpholine rings is 1. The molecular formula is C29H35N3O6. The Bertz CT molecular complexity index is 1080. The van der Waals surface area contributed by atoms with Crippen molar-refractivity contribution in [3.63, 3.8) is 0 Å². The van der Waals surface area contributed by atoms with E-state index in [0.29, 0.717) is 39.1 Å². The molecule has 0 radical (unpaired) electrons. The summed E-state index contributed by atoms with van der Waals surface area (Å²) in [5.41, 5.74) is 1.87. The first-order valence-electron chi connectivity index (χ1n) is 12.9. The number of amides is 3. The van der Waals surface area contributed by atoms with Crippen LogP contribution in [0, 0.1) is 0 Å². The monoisotopic (exact) mass is 521 g/mol. The lowest BCUT2D eigenvalue weighted by Gasteiger charge is -2.29. The summed E-state index contributed by atoms with van der Waals surface area (Å²) in [4.78, 5) is 52.8. The molecule has 3 rings (SSSR count). The lowest BCUT2D eigenvalue weighted by atomic mass is 10.00. The van der Waals surface area contributed by atoms with Crippen molar-refractivity contribution in [2.45, 2.75) is 38.3 Å². The minimum absolute atomic E-state index is 0.190. The quantitative estimate of drug-likeness (QED) is 0.328. The number of rotatable bonds is 12. The van der Waals surface area contributed by atoms with E-state index in [9.17, 15) is 19.2 Å². The zero-order valence-electron chi connectivity index (χ0n) is 21.6. The van der Waals surface area contributed by atoms with Crippen molar-refractivity contribution >= 4 is 23.7 Å². The van der Waals surface area contributed by atoms with Crippen LogP contribution >= 0.6 is 0 Å². The number of nitrogens with one attached hydrogen (secondary N) is 2. The molecule has 0 aliphatic carbocycles. The fourth-order valence-corrected chi connectivity index (χ4v) is 4.04. The first-order chi connectivity index (χ1) is 18.5. The number of aryl methyl sites for hydroxylation is 1. The molecule has 1 fully saturated rings. The molecule has 3 amide bonds. The fourth-order valence-electron chi connectivity index (χ4n) is 4.04. The highest BCUT2D eigenvalue weighted by Gasteiger charge is 2.28. The van der Waals surface area contributed by atoms with Gasteiger partial charge in [0.2, 0.25) is 5.91 Å². The number of esters is 1. The number of nitrogens with zero attached hydrogens (tertiary/aromatic N) is 1. The minimum Gasteiger partial charge on any atom is -0.463 e. The molecule has 2 aromatic rings. The second-order valence-electron chi connectivity index (χ2n) is 8.86. The number of hydrogen-bond acceptors (Lipinski definition) is 6. The summed E-state index contributed by atoms with van der Waals surface area (Å²) in [6, 6.07) is 16.8. The molecule has 9 heteroatoms. The van der Waals surface area contributed by atoms with Crippen LogP contribution in [0.4, 0.5) is 4.79 Å². The van der Waals surface area contributed by atoms with E-state index in [1.165, 1.54) is 0 Å². The molecule has 38 heavy (non-hydrogen) atoms. The summed E-state index contributed by atoms with van der Waals surface area (Å²) >= 11 is 0. The Kier molecular flexibility index (Phi) is 11.5. The van der Waals surface area contributed by atoms with Crippen molar-refractivity contribution in [1.82, 2.24) is 15.5 Å². The summed E-state index contributed by atoms with van der Waals surface area (Å²) in [7, 11) is 0. The number of ether oxygens (including phenoxy) is 2. The summed E-state index contributed by atoms with van der Waals surface area (Å²) in [6.07, 6.45) is 3.30. The Morgan fingerprint density at radius 2 is 1.53 bits per heavy atom. The topological polar surface area (TPSA) is 114 Å². The fraction of sp³-hybridized carbons (Fsp3) is 0.379. The van der Waals surface area contributed by atoms with Crippen LogP contribution in [0.5, 0.6) is 0 Å². The zero-order chi connectivity index (χ0) is 27.2. The summed E-state index contributed by atoms with van der Waals surface area (Å²) < 4.78 is 10.2. The molecule has 0 aromatic heterocycles. The van der Waals surface area contributed by atoms with Gasteiger partial charge >= 0.3 is 12.0 Å². The third-order valence-electron chi connectivity index (χ3n) is 6.09. The molecule has 0 spiro atoms. The van der Waals surface area contributed by atoms with Gasteiger partial charge in [0.15, 0.2) is 5.78 Å². The smallest absolute Gasteiger partial charge is 0.330 e. The predicted molar refractivity (Wildman–Crippen MR) is 142 cm³/mol. The van der Waals surface area contributed by atoms with Gasteiger partial charge in [0.25, 0.3) is 0 Å². The van der Waals surface area contributed by atoms with Gasteiger partial charge in [-0.05, 0) is 37.0 Å². The summed E-state index contributed by atoms with van der Waals surface area (Å²) in [5, 5.41) is 5.66. The van der Waals surface area contributed by atoms with Gasteiger partial charge in [-0.15, -0.1) is 0 Å². The number of ketones is 1. The number of hydrogen-bond donors (Lipinski definition) is 2. The molecule has 2 aromatic carbocycles. The van der Waals surface area contributed by atoms with Crippen molar-refractivity contribution in [3.8, 4) is 0 Å². The van der Waals surface area contributed by atoms with E-state index in [-0.39, 0.29) is 19.1 Å². The molecule has 1 aliphatic rings. The maximum atomic E-state index is 13.5. The summed E-state index contributed by atoms with van der Waals surface area (Å²) in [5.74, 6) is -1.54. The molecule has 1 aliphatic heterocycles. The highest BCUT2D eigenvalue weighted by atomic mass is 16.5. The number of benzene rings is 2. The Morgan fingerprint density at radius 3 is 2.16 bits per heavy atom. The first kappa shape index (κ1) is 28.6. The van der Waals surface area contributed by atoms with E-state index in [2.05, 4.69) is 10.6 Å². The van der Waals surface area contributed by atoms with E-state index in [0.717, 1.165) is 23.3 Å². The van der Waals surface area contributed by atoms with Crippen LogP contribution in [0.15, 0.2) is 72.8 Å². The Labute approximate surface area is 223 Å². The summed E-state index contributed by atoms with van der Waals surface area (Å²) in [6.45, 7) is 3.60. The van der Waals surface area contributed by atoms with Gasteiger partial charge < -0.3 is 25.0 Å². The molecular weight excluding hydrogens is 486 g/mol. The average Bonchev–Trinajstić information content (AvgIpc) is 2.95. The Balaban J connectivity index is 1.76. The van der Waals surface area contributed by atoms with Crippen LogP contribution in [-0.4, -0.2) is 73.6 Å². The number of carbonyl (C=O) groups is 4. The van der Waals surface area contributed by atoms with E-state index in [4.69, 9.17) is 9.47 Å². The van der Waals surface area contributed by atoms with Crippen LogP contribution in [0.1, 0.15) is 24.5 Å². The van der Waals surface area contributed by atoms with Crippen molar-refractivity contribution < 1.29 is 28.7 Å². The average molecular weight is 522 g/mol. The Morgan fingerprint density at radius 1 is 0.895 bits per heavy atom. The predicted octanol–water partition coefficient (Wildman–Crippen LogP) is 2.45. The van der Waals surface area contributed by atoms with E-state index < -0.39 is 29.7 Å². The molecule has 2 N–H and O–H groups in total. The van der Waals surface area contributed by atoms with Crippen molar-refractivity contribution in [3.05, 3.63) is 83.9 Å². The maximum Gasteiger partial charge on any atom is 0.330 e. The van der Waals surface area contributed by atoms with Crippen molar-refractivity contribution in [2.75, 3.05) is 32.9 Å². The highest BCUT2D eigenvalue weighted by Crippen LogP contribution is 2.10.